The Balaban J connectivity index is 2.22. The van der Waals surface area contributed by atoms with Crippen molar-refractivity contribution in [1.82, 2.24) is 4.90 Å². The Labute approximate surface area is 108 Å². The van der Waals surface area contributed by atoms with Crippen LogP contribution in [0.25, 0.3) is 6.08 Å². The number of piperidine rings is 1. The first-order chi connectivity index (χ1) is 8.76. The van der Waals surface area contributed by atoms with E-state index in [-0.39, 0.29) is 5.91 Å². The molecule has 3 heteroatoms. The maximum absolute atomic E-state index is 12.3. The lowest BCUT2D eigenvalue weighted by molar-refractivity contribution is 0.0724. The van der Waals surface area contributed by atoms with Crippen molar-refractivity contribution in [2.45, 2.75) is 19.3 Å². The first-order valence-corrected chi connectivity index (χ1v) is 6.36. The highest BCUT2D eigenvalue weighted by Crippen LogP contribution is 2.22. The molecule has 0 aliphatic carbocycles. The molecule has 0 saturated carbocycles. The van der Waals surface area contributed by atoms with Gasteiger partial charge >= 0.3 is 0 Å². The van der Waals surface area contributed by atoms with Crippen molar-refractivity contribution in [3.05, 3.63) is 35.9 Å². The van der Waals surface area contributed by atoms with E-state index < -0.39 is 0 Å². The van der Waals surface area contributed by atoms with E-state index in [1.807, 2.05) is 23.1 Å². The van der Waals surface area contributed by atoms with Gasteiger partial charge in [0.05, 0.1) is 7.11 Å². The quantitative estimate of drug-likeness (QED) is 0.819. The fourth-order valence-electron chi connectivity index (χ4n) is 2.31. The molecule has 1 aromatic carbocycles. The van der Waals surface area contributed by atoms with Gasteiger partial charge in [-0.1, -0.05) is 12.7 Å². The fourth-order valence-corrected chi connectivity index (χ4v) is 2.31. The smallest absolute Gasteiger partial charge is 0.253 e. The molecule has 0 N–H and O–H groups in total. The highest BCUT2D eigenvalue weighted by atomic mass is 16.5. The first kappa shape index (κ1) is 12.7. The lowest BCUT2D eigenvalue weighted by Crippen LogP contribution is -2.35. The van der Waals surface area contributed by atoms with Gasteiger partial charge in [-0.15, -0.1) is 0 Å². The zero-order chi connectivity index (χ0) is 13.0. The SMILES string of the molecule is C=Cc1cc(C(=O)N2CCCCC2)ccc1OC. The zero-order valence-electron chi connectivity index (χ0n) is 10.8. The minimum atomic E-state index is 0.112. The van der Waals surface area contributed by atoms with Crippen LogP contribution < -0.4 is 4.74 Å². The number of likely N-dealkylation sites (tertiary alicyclic amines) is 1. The summed E-state index contributed by atoms with van der Waals surface area (Å²) in [5.74, 6) is 0.862. The maximum Gasteiger partial charge on any atom is 0.253 e. The average molecular weight is 245 g/mol. The van der Waals surface area contributed by atoms with Crippen LogP contribution in [0.5, 0.6) is 5.75 Å². The predicted octanol–water partition coefficient (Wildman–Crippen LogP) is 2.96. The van der Waals surface area contributed by atoms with Crippen molar-refractivity contribution in [3.63, 3.8) is 0 Å². The second-order valence-electron chi connectivity index (χ2n) is 4.51. The standard InChI is InChI=1S/C15H19NO2/c1-3-12-11-13(7-8-14(12)18-2)15(17)16-9-5-4-6-10-16/h3,7-8,11H,1,4-6,9-10H2,2H3. The summed E-state index contributed by atoms with van der Waals surface area (Å²) >= 11 is 0. The number of nitrogens with zero attached hydrogens (tertiary/aromatic N) is 1. The third-order valence-electron chi connectivity index (χ3n) is 3.34. The molecule has 0 spiro atoms. The Morgan fingerprint density at radius 3 is 2.67 bits per heavy atom. The minimum absolute atomic E-state index is 0.112. The lowest BCUT2D eigenvalue weighted by atomic mass is 10.1. The number of hydrogen-bond acceptors (Lipinski definition) is 2. The van der Waals surface area contributed by atoms with Crippen molar-refractivity contribution in [3.8, 4) is 5.75 Å². The number of ether oxygens (including phenoxy) is 1. The van der Waals surface area contributed by atoms with Crippen LogP contribution in [0.3, 0.4) is 0 Å². The van der Waals surface area contributed by atoms with Crippen LogP contribution in [0.2, 0.25) is 0 Å². The highest BCUT2D eigenvalue weighted by Gasteiger charge is 2.18. The Morgan fingerprint density at radius 2 is 2.06 bits per heavy atom. The fraction of sp³-hybridized carbons (Fsp3) is 0.400. The van der Waals surface area contributed by atoms with Crippen LogP contribution in [0.15, 0.2) is 24.8 Å². The summed E-state index contributed by atoms with van der Waals surface area (Å²) in [5, 5.41) is 0. The molecule has 1 aromatic rings. The summed E-state index contributed by atoms with van der Waals surface area (Å²) in [7, 11) is 1.62. The average Bonchev–Trinajstić information content (AvgIpc) is 2.46. The number of benzene rings is 1. The van der Waals surface area contributed by atoms with E-state index in [4.69, 9.17) is 4.74 Å². The number of methoxy groups -OCH3 is 1. The minimum Gasteiger partial charge on any atom is -0.496 e. The van der Waals surface area contributed by atoms with Gasteiger partial charge < -0.3 is 9.64 Å². The van der Waals surface area contributed by atoms with Gasteiger partial charge in [0.25, 0.3) is 5.91 Å². The molecule has 1 aliphatic heterocycles. The van der Waals surface area contributed by atoms with Crippen molar-refractivity contribution in [1.29, 1.82) is 0 Å². The van der Waals surface area contributed by atoms with Crippen LogP contribution in [0.1, 0.15) is 35.2 Å². The molecule has 18 heavy (non-hydrogen) atoms. The Kier molecular flexibility index (Phi) is 4.03. The second kappa shape index (κ2) is 5.71. The summed E-state index contributed by atoms with van der Waals surface area (Å²) < 4.78 is 5.22. The van der Waals surface area contributed by atoms with Crippen LogP contribution in [-0.4, -0.2) is 31.0 Å². The van der Waals surface area contributed by atoms with Gasteiger partial charge in [0.1, 0.15) is 5.75 Å². The van der Waals surface area contributed by atoms with Crippen molar-refractivity contribution >= 4 is 12.0 Å². The molecule has 96 valence electrons. The number of carbonyl (C=O) groups excluding carboxylic acids is 1. The third kappa shape index (κ3) is 2.55. The van der Waals surface area contributed by atoms with Crippen molar-refractivity contribution < 1.29 is 9.53 Å². The van der Waals surface area contributed by atoms with Crippen LogP contribution >= 0.6 is 0 Å². The van der Waals surface area contributed by atoms with Crippen LogP contribution in [0.4, 0.5) is 0 Å². The van der Waals surface area contributed by atoms with Crippen molar-refractivity contribution in [2.24, 2.45) is 0 Å². The largest absolute Gasteiger partial charge is 0.496 e. The molecule has 1 heterocycles. The zero-order valence-corrected chi connectivity index (χ0v) is 10.8. The molecule has 0 aromatic heterocycles. The Hall–Kier alpha value is -1.77. The van der Waals surface area contributed by atoms with E-state index in [0.29, 0.717) is 5.56 Å². The topological polar surface area (TPSA) is 29.5 Å². The lowest BCUT2D eigenvalue weighted by Gasteiger charge is -2.26. The van der Waals surface area contributed by atoms with E-state index >= 15 is 0 Å². The summed E-state index contributed by atoms with van der Waals surface area (Å²) in [6.07, 6.45) is 5.16. The normalized spacial score (nSPS) is 15.3. The van der Waals surface area contributed by atoms with Gasteiger partial charge in [-0.3, -0.25) is 4.79 Å². The number of amides is 1. The summed E-state index contributed by atoms with van der Waals surface area (Å²) in [6, 6.07) is 5.50. The highest BCUT2D eigenvalue weighted by molar-refractivity contribution is 5.95. The van der Waals surface area contributed by atoms with E-state index in [1.54, 1.807) is 13.2 Å². The van der Waals surface area contributed by atoms with Gasteiger partial charge in [0.15, 0.2) is 0 Å². The monoisotopic (exact) mass is 245 g/mol. The van der Waals surface area contributed by atoms with E-state index in [2.05, 4.69) is 6.58 Å². The van der Waals surface area contributed by atoms with Gasteiger partial charge in [0.2, 0.25) is 0 Å². The van der Waals surface area contributed by atoms with Gasteiger partial charge in [-0.05, 0) is 37.5 Å². The summed E-state index contributed by atoms with van der Waals surface area (Å²) in [4.78, 5) is 14.2. The third-order valence-corrected chi connectivity index (χ3v) is 3.34. The van der Waals surface area contributed by atoms with E-state index in [9.17, 15) is 4.79 Å². The maximum atomic E-state index is 12.3. The Bertz CT molecular complexity index is 448. The van der Waals surface area contributed by atoms with Crippen molar-refractivity contribution in [2.75, 3.05) is 20.2 Å². The molecule has 3 nitrogen and oxygen atoms in total. The van der Waals surface area contributed by atoms with Crippen LogP contribution in [0, 0.1) is 0 Å². The molecule has 1 aliphatic rings. The van der Waals surface area contributed by atoms with Gasteiger partial charge in [0, 0.05) is 24.2 Å². The first-order valence-electron chi connectivity index (χ1n) is 6.36. The van der Waals surface area contributed by atoms with E-state index in [1.165, 1.54) is 6.42 Å². The number of hydrogen-bond donors (Lipinski definition) is 0. The molecule has 1 amide bonds. The number of rotatable bonds is 3. The Morgan fingerprint density at radius 1 is 1.33 bits per heavy atom. The molecular weight excluding hydrogens is 226 g/mol. The van der Waals surface area contributed by atoms with Gasteiger partial charge in [-0.25, -0.2) is 0 Å². The van der Waals surface area contributed by atoms with Gasteiger partial charge in [-0.2, -0.15) is 0 Å². The molecule has 0 unspecified atom stereocenters. The summed E-state index contributed by atoms with van der Waals surface area (Å²) in [5.41, 5.74) is 1.58. The predicted molar refractivity (Wildman–Crippen MR) is 72.8 cm³/mol. The van der Waals surface area contributed by atoms with E-state index in [0.717, 1.165) is 37.2 Å². The molecule has 0 atom stereocenters. The molecule has 1 saturated heterocycles. The molecule has 0 bridgehead atoms. The second-order valence-corrected chi connectivity index (χ2v) is 4.51. The summed E-state index contributed by atoms with van der Waals surface area (Å²) in [6.45, 7) is 5.49. The molecular formula is C15H19NO2. The number of carbonyl (C=O) groups is 1. The van der Waals surface area contributed by atoms with Crippen LogP contribution in [-0.2, 0) is 0 Å². The molecule has 0 radical (unpaired) electrons. The molecule has 2 rings (SSSR count). The molecule has 1 fully saturated rings.